The van der Waals surface area contributed by atoms with Crippen LogP contribution >= 0.6 is 11.6 Å². The molecule has 0 saturated heterocycles. The number of likely N-dealkylation sites (N-methyl/N-ethyl adjacent to an activating group) is 1. The molecule has 0 fully saturated rings. The molecule has 3 rings (SSSR count). The van der Waals surface area contributed by atoms with Crippen LogP contribution in [-0.2, 0) is 6.42 Å². The van der Waals surface area contributed by atoms with Crippen LogP contribution in [0.3, 0.4) is 0 Å². The molecule has 0 radical (unpaired) electrons. The lowest BCUT2D eigenvalue weighted by molar-refractivity contribution is 0.286. The third kappa shape index (κ3) is 5.43. The zero-order valence-electron chi connectivity index (χ0n) is 16.6. The number of hydrogen-bond donors (Lipinski definition) is 1. The minimum atomic E-state index is 0.0250. The number of aryl methyl sites for hydroxylation is 1. The summed E-state index contributed by atoms with van der Waals surface area (Å²) in [6, 6.07) is 15.6. The maximum Gasteiger partial charge on any atom is 0.297 e. The fraction of sp³-hybridized carbons (Fsp3) is 0.318. The highest BCUT2D eigenvalue weighted by atomic mass is 35.5. The number of aliphatic hydroxyl groups is 1. The van der Waals surface area contributed by atoms with Gasteiger partial charge in [-0.1, -0.05) is 35.9 Å². The first kappa shape index (κ1) is 21.0. The molecule has 29 heavy (non-hydrogen) atoms. The molecule has 0 aliphatic rings. The van der Waals surface area contributed by atoms with Crippen molar-refractivity contribution in [3.63, 3.8) is 0 Å². The van der Waals surface area contributed by atoms with Crippen LogP contribution in [0.15, 0.2) is 52.9 Å². The van der Waals surface area contributed by atoms with Crippen LogP contribution in [0.25, 0.3) is 11.3 Å². The number of benzene rings is 2. The Balaban J connectivity index is 1.72. The molecule has 0 amide bonds. The lowest BCUT2D eigenvalue weighted by Gasteiger charge is -2.11. The summed E-state index contributed by atoms with van der Waals surface area (Å²) in [6.07, 6.45) is 1.41. The van der Waals surface area contributed by atoms with Crippen molar-refractivity contribution >= 4 is 17.6 Å². The summed E-state index contributed by atoms with van der Waals surface area (Å²) in [7, 11) is 3.46. The normalized spacial score (nSPS) is 10.8. The maximum absolute atomic E-state index is 9.19. The lowest BCUT2D eigenvalue weighted by atomic mass is 10.1. The van der Waals surface area contributed by atoms with Crippen molar-refractivity contribution in [1.29, 1.82) is 0 Å². The van der Waals surface area contributed by atoms with E-state index in [2.05, 4.69) is 4.98 Å². The van der Waals surface area contributed by atoms with Gasteiger partial charge in [0.1, 0.15) is 11.5 Å². The number of aliphatic hydroxyl groups excluding tert-OH is 1. The van der Waals surface area contributed by atoms with Gasteiger partial charge in [0.05, 0.1) is 20.3 Å². The molecule has 154 valence electrons. The predicted molar refractivity (Wildman–Crippen MR) is 114 cm³/mol. The van der Waals surface area contributed by atoms with Gasteiger partial charge in [-0.3, -0.25) is 0 Å². The number of methoxy groups -OCH3 is 1. The highest BCUT2D eigenvalue weighted by Gasteiger charge is 2.17. The number of ether oxygens (including phenoxy) is 2. The Bertz CT molecular complexity index is 911. The smallest absolute Gasteiger partial charge is 0.297 e. The second-order valence-corrected chi connectivity index (χ2v) is 6.96. The molecule has 2 aromatic carbocycles. The SMILES string of the molecule is COc1ccccc1OCCCc1oc(N(C)CCO)nc1-c1ccc(Cl)cc1. The van der Waals surface area contributed by atoms with E-state index in [4.69, 9.17) is 25.5 Å². The topological polar surface area (TPSA) is 68.0 Å². The molecule has 0 aliphatic heterocycles. The zero-order valence-corrected chi connectivity index (χ0v) is 17.4. The molecule has 0 bridgehead atoms. The minimum absolute atomic E-state index is 0.0250. The van der Waals surface area contributed by atoms with Crippen molar-refractivity contribution in [2.24, 2.45) is 0 Å². The molecule has 0 saturated carbocycles. The van der Waals surface area contributed by atoms with Crippen LogP contribution < -0.4 is 14.4 Å². The third-order valence-corrected chi connectivity index (χ3v) is 4.69. The van der Waals surface area contributed by atoms with Crippen LogP contribution in [0.4, 0.5) is 6.01 Å². The summed E-state index contributed by atoms with van der Waals surface area (Å²) in [6.45, 7) is 0.983. The first-order valence-corrected chi connectivity index (χ1v) is 9.83. The molecule has 0 unspecified atom stereocenters. The van der Waals surface area contributed by atoms with Crippen molar-refractivity contribution in [1.82, 2.24) is 4.98 Å². The largest absolute Gasteiger partial charge is 0.493 e. The van der Waals surface area contributed by atoms with Gasteiger partial charge in [0.25, 0.3) is 6.01 Å². The fourth-order valence-corrected chi connectivity index (χ4v) is 3.03. The van der Waals surface area contributed by atoms with Gasteiger partial charge in [0.2, 0.25) is 0 Å². The Morgan fingerprint density at radius 2 is 1.83 bits per heavy atom. The standard InChI is InChI=1S/C22H25ClN2O4/c1-25(13-14-26)22-24-21(16-9-11-17(23)12-10-16)20(29-22)8-5-15-28-19-7-4-3-6-18(19)27-2/h3-4,6-7,9-12,26H,5,8,13-15H2,1-2H3. The van der Waals surface area contributed by atoms with Gasteiger partial charge in [-0.2, -0.15) is 4.98 Å². The van der Waals surface area contributed by atoms with E-state index >= 15 is 0 Å². The first-order chi connectivity index (χ1) is 14.1. The first-order valence-electron chi connectivity index (χ1n) is 9.46. The average Bonchev–Trinajstić information content (AvgIpc) is 3.16. The Morgan fingerprint density at radius 1 is 1.10 bits per heavy atom. The molecule has 6 nitrogen and oxygen atoms in total. The number of rotatable bonds is 10. The summed E-state index contributed by atoms with van der Waals surface area (Å²) < 4.78 is 17.2. The highest BCUT2D eigenvalue weighted by molar-refractivity contribution is 6.30. The van der Waals surface area contributed by atoms with Gasteiger partial charge < -0.3 is 23.9 Å². The molecule has 1 heterocycles. The number of hydrogen-bond acceptors (Lipinski definition) is 6. The lowest BCUT2D eigenvalue weighted by Crippen LogP contribution is -2.21. The van der Waals surface area contributed by atoms with E-state index in [1.807, 2.05) is 55.6 Å². The highest BCUT2D eigenvalue weighted by Crippen LogP contribution is 2.30. The molecule has 0 aliphatic carbocycles. The maximum atomic E-state index is 9.19. The molecule has 3 aromatic rings. The van der Waals surface area contributed by atoms with Crippen LogP contribution in [0.1, 0.15) is 12.2 Å². The number of anilines is 1. The Hall–Kier alpha value is -2.70. The van der Waals surface area contributed by atoms with Gasteiger partial charge in [-0.25, -0.2) is 0 Å². The van der Waals surface area contributed by atoms with Crippen molar-refractivity contribution in [3.05, 3.63) is 59.3 Å². The average molecular weight is 417 g/mol. The van der Waals surface area contributed by atoms with Gasteiger partial charge in [-0.15, -0.1) is 0 Å². The van der Waals surface area contributed by atoms with Crippen LogP contribution in [-0.4, -0.2) is 44.0 Å². The van der Waals surface area contributed by atoms with E-state index in [-0.39, 0.29) is 6.61 Å². The second kappa shape index (κ2) is 10.2. The molecular weight excluding hydrogens is 392 g/mol. The molecular formula is C22H25ClN2O4. The number of halogens is 1. The molecule has 1 aromatic heterocycles. The molecule has 0 atom stereocenters. The third-order valence-electron chi connectivity index (χ3n) is 4.44. The summed E-state index contributed by atoms with van der Waals surface area (Å²) in [5, 5.41) is 9.86. The number of para-hydroxylation sites is 2. The molecule has 0 spiro atoms. The zero-order chi connectivity index (χ0) is 20.6. The van der Waals surface area contributed by atoms with Crippen LogP contribution in [0, 0.1) is 0 Å². The second-order valence-electron chi connectivity index (χ2n) is 6.52. The Morgan fingerprint density at radius 3 is 2.52 bits per heavy atom. The van der Waals surface area contributed by atoms with E-state index in [0.717, 1.165) is 23.4 Å². The number of nitrogens with zero attached hydrogens (tertiary/aromatic N) is 2. The predicted octanol–water partition coefficient (Wildman–Crippen LogP) is 4.44. The van der Waals surface area contributed by atoms with Gasteiger partial charge >= 0.3 is 0 Å². The Kier molecular flexibility index (Phi) is 7.38. The van der Waals surface area contributed by atoms with Gasteiger partial charge in [-0.05, 0) is 30.7 Å². The summed E-state index contributed by atoms with van der Waals surface area (Å²) >= 11 is 6.01. The van der Waals surface area contributed by atoms with Crippen molar-refractivity contribution < 1.29 is 19.0 Å². The van der Waals surface area contributed by atoms with E-state index in [0.29, 0.717) is 42.1 Å². The van der Waals surface area contributed by atoms with Crippen molar-refractivity contribution in [3.8, 4) is 22.8 Å². The van der Waals surface area contributed by atoms with E-state index in [1.165, 1.54) is 0 Å². The van der Waals surface area contributed by atoms with E-state index < -0.39 is 0 Å². The van der Waals surface area contributed by atoms with Gasteiger partial charge in [0.15, 0.2) is 11.5 Å². The number of aromatic nitrogens is 1. The van der Waals surface area contributed by atoms with Crippen LogP contribution in [0.2, 0.25) is 5.02 Å². The van der Waals surface area contributed by atoms with Gasteiger partial charge in [0, 0.05) is 30.6 Å². The van der Waals surface area contributed by atoms with E-state index in [9.17, 15) is 5.11 Å². The van der Waals surface area contributed by atoms with Crippen LogP contribution in [0.5, 0.6) is 11.5 Å². The summed E-state index contributed by atoms with van der Waals surface area (Å²) in [5.41, 5.74) is 1.71. The minimum Gasteiger partial charge on any atom is -0.493 e. The van der Waals surface area contributed by atoms with Crippen molar-refractivity contribution in [2.45, 2.75) is 12.8 Å². The summed E-state index contributed by atoms with van der Waals surface area (Å²) in [5.74, 6) is 2.20. The Labute approximate surface area is 175 Å². The molecule has 1 N–H and O–H groups in total. The number of oxazole rings is 1. The monoisotopic (exact) mass is 416 g/mol. The summed E-state index contributed by atoms with van der Waals surface area (Å²) in [4.78, 5) is 6.42. The van der Waals surface area contributed by atoms with Crippen molar-refractivity contribution in [2.75, 3.05) is 38.8 Å². The quantitative estimate of drug-likeness (QED) is 0.493. The molecule has 7 heteroatoms. The van der Waals surface area contributed by atoms with E-state index in [1.54, 1.807) is 12.0 Å². The fourth-order valence-electron chi connectivity index (χ4n) is 2.90.